The largest absolute Gasteiger partial charge is 0.480 e. The van der Waals surface area contributed by atoms with E-state index in [0.29, 0.717) is 18.5 Å². The van der Waals surface area contributed by atoms with E-state index in [9.17, 15) is 24.3 Å². The Labute approximate surface area is 238 Å². The fourth-order valence-corrected chi connectivity index (χ4v) is 4.05. The molecule has 1 heterocycles. The lowest BCUT2D eigenvalue weighted by atomic mass is 9.98. The van der Waals surface area contributed by atoms with Gasteiger partial charge in [0.05, 0.1) is 12.4 Å². The van der Waals surface area contributed by atoms with Crippen molar-refractivity contribution in [3.63, 3.8) is 0 Å². The van der Waals surface area contributed by atoms with Gasteiger partial charge in [-0.2, -0.15) is 0 Å². The maximum atomic E-state index is 13.5. The van der Waals surface area contributed by atoms with Gasteiger partial charge in [0.2, 0.25) is 17.7 Å². The fraction of sp³-hybridized carbons (Fsp3) is 0.481. The van der Waals surface area contributed by atoms with Crippen molar-refractivity contribution in [2.24, 2.45) is 28.1 Å². The number of carboxylic acid groups (broad SMARTS) is 1. The molecule has 5 unspecified atom stereocenters. The van der Waals surface area contributed by atoms with Gasteiger partial charge >= 0.3 is 5.97 Å². The molecule has 14 nitrogen and oxygen atoms in total. The number of guanidine groups is 1. The Morgan fingerprint density at radius 2 is 1.66 bits per heavy atom. The first-order valence-electron chi connectivity index (χ1n) is 13.5. The van der Waals surface area contributed by atoms with E-state index in [1.54, 1.807) is 6.92 Å². The molecule has 3 amide bonds. The Kier molecular flexibility index (Phi) is 13.3. The van der Waals surface area contributed by atoms with Crippen molar-refractivity contribution in [1.29, 1.82) is 0 Å². The molecular weight excluding hydrogens is 530 g/mol. The Morgan fingerprint density at radius 1 is 1.00 bits per heavy atom. The van der Waals surface area contributed by atoms with Crippen LogP contribution in [0.1, 0.15) is 44.4 Å². The molecule has 0 aliphatic rings. The number of nitrogens with one attached hydrogen (secondary N) is 4. The summed E-state index contributed by atoms with van der Waals surface area (Å²) < 4.78 is 0. The number of nitrogens with two attached hydrogens (primary N) is 3. The van der Waals surface area contributed by atoms with Crippen LogP contribution in [0.5, 0.6) is 0 Å². The zero-order valence-electron chi connectivity index (χ0n) is 23.4. The predicted octanol–water partition coefficient (Wildman–Crippen LogP) is -0.839. The zero-order valence-corrected chi connectivity index (χ0v) is 23.4. The lowest BCUT2D eigenvalue weighted by Crippen LogP contribution is -2.58. The van der Waals surface area contributed by atoms with Crippen LogP contribution in [0.15, 0.2) is 47.8 Å². The average Bonchev–Trinajstić information content (AvgIpc) is 3.45. The van der Waals surface area contributed by atoms with Gasteiger partial charge in [0.25, 0.3) is 0 Å². The lowest BCUT2D eigenvalue weighted by Gasteiger charge is -2.26. The number of aliphatic imine (C=N–C) groups is 1. The Balaban J connectivity index is 2.21. The average molecular weight is 572 g/mol. The minimum atomic E-state index is -1.19. The van der Waals surface area contributed by atoms with Gasteiger partial charge in [0.15, 0.2) is 5.96 Å². The molecule has 14 heteroatoms. The van der Waals surface area contributed by atoms with Crippen LogP contribution in [0.25, 0.3) is 0 Å². The normalized spacial score (nSPS) is 14.5. The number of imidazole rings is 1. The summed E-state index contributed by atoms with van der Waals surface area (Å²) in [6.45, 7) is 3.71. The number of rotatable bonds is 17. The van der Waals surface area contributed by atoms with Crippen molar-refractivity contribution in [1.82, 2.24) is 25.9 Å². The quantitative estimate of drug-likeness (QED) is 0.0669. The number of aromatic nitrogens is 2. The van der Waals surface area contributed by atoms with E-state index in [1.807, 2.05) is 37.3 Å². The maximum Gasteiger partial charge on any atom is 0.326 e. The molecule has 41 heavy (non-hydrogen) atoms. The summed E-state index contributed by atoms with van der Waals surface area (Å²) in [5.74, 6) is -3.54. The number of H-pyrrole nitrogens is 1. The molecule has 0 spiro atoms. The number of aliphatic carboxylic acids is 1. The molecule has 0 radical (unpaired) electrons. The number of benzene rings is 1. The van der Waals surface area contributed by atoms with E-state index in [0.717, 1.165) is 5.56 Å². The van der Waals surface area contributed by atoms with E-state index in [4.69, 9.17) is 17.2 Å². The number of carboxylic acids is 1. The number of aromatic amines is 1. The fourth-order valence-electron chi connectivity index (χ4n) is 4.05. The first kappa shape index (κ1) is 32.8. The van der Waals surface area contributed by atoms with Gasteiger partial charge in [-0.25, -0.2) is 9.78 Å². The van der Waals surface area contributed by atoms with Gasteiger partial charge in [0, 0.05) is 24.9 Å². The summed E-state index contributed by atoms with van der Waals surface area (Å²) in [6.07, 6.45) is 4.19. The zero-order chi connectivity index (χ0) is 30.4. The number of hydrogen-bond acceptors (Lipinski definition) is 7. The third-order valence-corrected chi connectivity index (χ3v) is 6.60. The molecule has 1 aromatic carbocycles. The minimum absolute atomic E-state index is 0.0442. The molecule has 2 rings (SSSR count). The highest BCUT2D eigenvalue weighted by molar-refractivity contribution is 5.94. The summed E-state index contributed by atoms with van der Waals surface area (Å²) in [5, 5.41) is 17.5. The second-order valence-electron chi connectivity index (χ2n) is 9.86. The summed E-state index contributed by atoms with van der Waals surface area (Å²) in [5.41, 5.74) is 18.3. The van der Waals surface area contributed by atoms with Crippen LogP contribution in [0.3, 0.4) is 0 Å². The maximum absolute atomic E-state index is 13.5. The molecule has 0 saturated heterocycles. The van der Waals surface area contributed by atoms with Gasteiger partial charge in [0.1, 0.15) is 18.1 Å². The molecule has 1 aromatic heterocycles. The topological polar surface area (TPSA) is 244 Å². The van der Waals surface area contributed by atoms with Crippen LogP contribution in [0.2, 0.25) is 0 Å². The summed E-state index contributed by atoms with van der Waals surface area (Å²) >= 11 is 0. The molecule has 0 aliphatic carbocycles. The molecule has 5 atom stereocenters. The van der Waals surface area contributed by atoms with Crippen LogP contribution >= 0.6 is 0 Å². The molecule has 0 aliphatic heterocycles. The lowest BCUT2D eigenvalue weighted by molar-refractivity contribution is -0.144. The second kappa shape index (κ2) is 16.6. The molecule has 0 bridgehead atoms. The van der Waals surface area contributed by atoms with Crippen molar-refractivity contribution < 1.29 is 24.3 Å². The summed E-state index contributed by atoms with van der Waals surface area (Å²) in [4.78, 5) is 62.2. The standard InChI is InChI=1S/C27H41N9O5/c1-3-16(2)22(26(40)41)36-24(38)20(10-7-11-32-27(29)30)34-25(39)21(13-18-14-31-15-33-18)35-23(37)19(28)12-17-8-5-4-6-9-17/h4-6,8-9,14-16,19-22H,3,7,10-13,28H2,1-2H3,(H,31,33)(H,34,39)(H,35,37)(H,36,38)(H,40,41)(H4,29,30,32). The van der Waals surface area contributed by atoms with E-state index in [1.165, 1.54) is 12.5 Å². The van der Waals surface area contributed by atoms with Crippen LogP contribution in [0.4, 0.5) is 0 Å². The predicted molar refractivity (Wildman–Crippen MR) is 153 cm³/mol. The van der Waals surface area contributed by atoms with Crippen molar-refractivity contribution in [2.45, 2.75) is 70.1 Å². The minimum Gasteiger partial charge on any atom is -0.480 e. The number of amides is 3. The third kappa shape index (κ3) is 11.3. The Bertz CT molecular complexity index is 1150. The second-order valence-corrected chi connectivity index (χ2v) is 9.86. The molecule has 224 valence electrons. The van der Waals surface area contributed by atoms with Crippen molar-refractivity contribution in [3.05, 3.63) is 54.1 Å². The third-order valence-electron chi connectivity index (χ3n) is 6.60. The van der Waals surface area contributed by atoms with Crippen molar-refractivity contribution >= 4 is 29.7 Å². The Morgan fingerprint density at radius 3 is 2.24 bits per heavy atom. The molecule has 11 N–H and O–H groups in total. The first-order chi connectivity index (χ1) is 19.5. The van der Waals surface area contributed by atoms with Gasteiger partial charge in [-0.3, -0.25) is 19.4 Å². The van der Waals surface area contributed by atoms with Crippen LogP contribution < -0.4 is 33.2 Å². The Hall–Kier alpha value is -4.46. The highest BCUT2D eigenvalue weighted by atomic mass is 16.4. The number of hydrogen-bond donors (Lipinski definition) is 8. The highest BCUT2D eigenvalue weighted by Gasteiger charge is 2.32. The van der Waals surface area contributed by atoms with Gasteiger partial charge in [-0.05, 0) is 30.7 Å². The van der Waals surface area contributed by atoms with Gasteiger partial charge in [-0.1, -0.05) is 50.6 Å². The monoisotopic (exact) mass is 571 g/mol. The molecule has 0 saturated carbocycles. The van der Waals surface area contributed by atoms with E-state index in [2.05, 4.69) is 30.9 Å². The molecule has 0 fully saturated rings. The van der Waals surface area contributed by atoms with Crippen molar-refractivity contribution in [3.8, 4) is 0 Å². The SMILES string of the molecule is CCC(C)C(NC(=O)C(CCCN=C(N)N)NC(=O)C(Cc1cnc[nH]1)NC(=O)C(N)Cc1ccccc1)C(=O)O. The molecule has 2 aromatic rings. The van der Waals surface area contributed by atoms with E-state index >= 15 is 0 Å². The number of carbonyl (C=O) groups is 4. The smallest absolute Gasteiger partial charge is 0.326 e. The van der Waals surface area contributed by atoms with Crippen molar-refractivity contribution in [2.75, 3.05) is 6.54 Å². The van der Waals surface area contributed by atoms with Gasteiger partial charge < -0.3 is 43.2 Å². The molecular formula is C27H41N9O5. The summed E-state index contributed by atoms with van der Waals surface area (Å²) in [7, 11) is 0. The van der Waals surface area contributed by atoms with Crippen LogP contribution in [-0.2, 0) is 32.0 Å². The number of nitrogens with zero attached hydrogens (tertiary/aromatic N) is 2. The summed E-state index contributed by atoms with van der Waals surface area (Å²) in [6, 6.07) is 4.90. The highest BCUT2D eigenvalue weighted by Crippen LogP contribution is 2.10. The van der Waals surface area contributed by atoms with Crippen LogP contribution in [-0.4, -0.2) is 75.4 Å². The number of carbonyl (C=O) groups excluding carboxylic acids is 3. The van der Waals surface area contributed by atoms with E-state index < -0.39 is 47.9 Å². The van der Waals surface area contributed by atoms with Crippen LogP contribution in [0, 0.1) is 5.92 Å². The van der Waals surface area contributed by atoms with E-state index in [-0.39, 0.29) is 37.7 Å². The first-order valence-corrected chi connectivity index (χ1v) is 13.5. The van der Waals surface area contributed by atoms with Gasteiger partial charge in [-0.15, -0.1) is 0 Å².